The second kappa shape index (κ2) is 7.78. The average Bonchev–Trinajstić information content (AvgIpc) is 2.49. The van der Waals surface area contributed by atoms with Gasteiger partial charge in [-0.15, -0.1) is 0 Å². The molecule has 0 aliphatic carbocycles. The molecule has 0 fully saturated rings. The standard InChI is InChI=1S/C17H17F2.3CH3.Sn/c1-2-13(12-17(18)19)10-11-15-8-5-7-14-6-3-4-9-16(14)15;;;;/h3-9,13H,2,10-11H2,1H3;3*1H3;. The molecule has 0 bridgehead atoms. The van der Waals surface area contributed by atoms with E-state index in [-0.39, 0.29) is 5.92 Å². The number of halogens is 2. The van der Waals surface area contributed by atoms with Gasteiger partial charge in [-0.2, -0.15) is 0 Å². The molecule has 3 heteroatoms. The fraction of sp³-hybridized carbons (Fsp3) is 0.400. The Bertz CT molecular complexity index is 689. The Morgan fingerprint density at radius 3 is 2.26 bits per heavy atom. The zero-order valence-electron chi connectivity index (χ0n) is 14.5. The summed E-state index contributed by atoms with van der Waals surface area (Å²) in [7, 11) is 0. The molecule has 1 unspecified atom stereocenters. The Labute approximate surface area is 142 Å². The first-order valence-corrected chi connectivity index (χ1v) is 18.4. The molecule has 2 aromatic rings. The fourth-order valence-electron chi connectivity index (χ4n) is 3.44. The second-order valence-electron chi connectivity index (χ2n) is 7.21. The van der Waals surface area contributed by atoms with Crippen molar-refractivity contribution >= 4 is 29.1 Å². The van der Waals surface area contributed by atoms with E-state index >= 15 is 0 Å². The summed E-state index contributed by atoms with van der Waals surface area (Å²) >= 11 is -2.77. The van der Waals surface area contributed by atoms with E-state index in [1.807, 2.05) is 19.1 Å². The van der Waals surface area contributed by atoms with E-state index in [4.69, 9.17) is 0 Å². The van der Waals surface area contributed by atoms with Gasteiger partial charge in [0, 0.05) is 0 Å². The molecular formula is C20H26F2Sn. The Kier molecular flexibility index (Phi) is 6.24. The van der Waals surface area contributed by atoms with Crippen molar-refractivity contribution in [2.75, 3.05) is 0 Å². The monoisotopic (exact) mass is 424 g/mol. The summed E-state index contributed by atoms with van der Waals surface area (Å²) in [5.41, 5.74) is 1.27. The van der Waals surface area contributed by atoms with Crippen LogP contribution in [0.25, 0.3) is 10.8 Å². The molecule has 0 saturated heterocycles. The minimum absolute atomic E-state index is 0.0229. The summed E-state index contributed by atoms with van der Waals surface area (Å²) in [6, 6.07) is 14.6. The van der Waals surface area contributed by atoms with Gasteiger partial charge in [-0.25, -0.2) is 0 Å². The Hall–Kier alpha value is -0.901. The Balaban J connectivity index is 2.25. The summed E-state index contributed by atoms with van der Waals surface area (Å²) in [5.74, 6) is 0.0229. The number of rotatable bonds is 6. The van der Waals surface area contributed by atoms with E-state index in [0.29, 0.717) is 3.59 Å². The van der Waals surface area contributed by atoms with Crippen LogP contribution in [0.3, 0.4) is 0 Å². The fourth-order valence-corrected chi connectivity index (χ4v) is 9.55. The topological polar surface area (TPSA) is 0 Å². The van der Waals surface area contributed by atoms with Gasteiger partial charge in [0.1, 0.15) is 0 Å². The molecule has 1 atom stereocenters. The summed E-state index contributed by atoms with van der Waals surface area (Å²) in [4.78, 5) is 6.26. The van der Waals surface area contributed by atoms with Gasteiger partial charge in [-0.05, 0) is 0 Å². The van der Waals surface area contributed by atoms with Crippen molar-refractivity contribution < 1.29 is 8.78 Å². The van der Waals surface area contributed by atoms with E-state index in [2.05, 4.69) is 45.2 Å². The first-order chi connectivity index (χ1) is 10.8. The zero-order chi connectivity index (χ0) is 17.0. The van der Waals surface area contributed by atoms with E-state index in [1.165, 1.54) is 16.3 Å². The molecule has 23 heavy (non-hydrogen) atoms. The maximum atomic E-state index is 13.5. The number of hydrogen-bond acceptors (Lipinski definition) is 0. The van der Waals surface area contributed by atoms with Gasteiger partial charge in [0.05, 0.1) is 0 Å². The second-order valence-corrected chi connectivity index (χ2v) is 21.6. The van der Waals surface area contributed by atoms with Crippen LogP contribution < -0.4 is 0 Å². The molecule has 124 valence electrons. The third-order valence-electron chi connectivity index (χ3n) is 4.55. The normalized spacial score (nSPS) is 13.1. The first kappa shape index (κ1) is 18.4. The molecule has 2 aromatic carbocycles. The minimum atomic E-state index is -2.77. The number of hydrogen-bond donors (Lipinski definition) is 0. The number of allylic oxidation sites excluding steroid dienone is 1. The third-order valence-corrected chi connectivity index (χ3v) is 10.9. The molecule has 0 aromatic heterocycles. The van der Waals surface area contributed by atoms with Crippen LogP contribution in [0.1, 0.15) is 25.3 Å². The van der Waals surface area contributed by atoms with Crippen LogP contribution in [0.2, 0.25) is 14.8 Å². The van der Waals surface area contributed by atoms with Gasteiger partial charge >= 0.3 is 143 Å². The first-order valence-electron chi connectivity index (χ1n) is 8.37. The van der Waals surface area contributed by atoms with Gasteiger partial charge in [-0.3, -0.25) is 0 Å². The van der Waals surface area contributed by atoms with Crippen molar-refractivity contribution in [2.45, 2.75) is 41.0 Å². The van der Waals surface area contributed by atoms with Gasteiger partial charge in [0.25, 0.3) is 0 Å². The van der Waals surface area contributed by atoms with Gasteiger partial charge in [0.15, 0.2) is 0 Å². The summed E-state index contributed by atoms with van der Waals surface area (Å²) < 4.78 is 27.6. The van der Waals surface area contributed by atoms with Gasteiger partial charge in [0.2, 0.25) is 0 Å². The van der Waals surface area contributed by atoms with Crippen LogP contribution >= 0.6 is 0 Å². The molecule has 0 aliphatic rings. The van der Waals surface area contributed by atoms with Crippen molar-refractivity contribution in [3.8, 4) is 0 Å². The van der Waals surface area contributed by atoms with Crippen LogP contribution in [0.4, 0.5) is 8.78 Å². The molecule has 0 nitrogen and oxygen atoms in total. The van der Waals surface area contributed by atoms with Crippen molar-refractivity contribution in [1.82, 2.24) is 0 Å². The van der Waals surface area contributed by atoms with Crippen LogP contribution in [0, 0.1) is 5.92 Å². The van der Waals surface area contributed by atoms with Crippen LogP contribution in [-0.2, 0) is 6.42 Å². The summed E-state index contributed by atoms with van der Waals surface area (Å²) in [6.45, 7) is 2.04. The van der Waals surface area contributed by atoms with E-state index < -0.39 is 24.5 Å². The quantitative estimate of drug-likeness (QED) is 0.447. The van der Waals surface area contributed by atoms with Crippen molar-refractivity contribution in [2.24, 2.45) is 5.92 Å². The Morgan fingerprint density at radius 1 is 1.00 bits per heavy atom. The van der Waals surface area contributed by atoms with Gasteiger partial charge < -0.3 is 0 Å². The number of fused-ring (bicyclic) bond motifs is 1. The predicted molar refractivity (Wildman–Crippen MR) is 98.6 cm³/mol. The van der Waals surface area contributed by atoms with Crippen LogP contribution in [-0.4, -0.2) is 18.4 Å². The number of aryl methyl sites for hydroxylation is 1. The van der Waals surface area contributed by atoms with Crippen molar-refractivity contribution in [1.29, 1.82) is 0 Å². The van der Waals surface area contributed by atoms with Crippen molar-refractivity contribution in [3.63, 3.8) is 0 Å². The molecule has 2 rings (SSSR count). The SMILES string of the molecule is CCC(CCc1cccc2ccccc12)[C](=C(F)F)[Sn]([CH3])([CH3])[CH3]. The summed E-state index contributed by atoms with van der Waals surface area (Å²) in [6.07, 6.45) is 1.06. The molecule has 0 radical (unpaired) electrons. The number of benzene rings is 2. The van der Waals surface area contributed by atoms with Crippen LogP contribution in [0.15, 0.2) is 52.1 Å². The summed E-state index contributed by atoms with van der Waals surface area (Å²) in [5, 5.41) is 2.47. The average molecular weight is 423 g/mol. The molecule has 0 spiro atoms. The molecule has 0 N–H and O–H groups in total. The third kappa shape index (κ3) is 4.56. The van der Waals surface area contributed by atoms with E-state index in [9.17, 15) is 8.78 Å². The molecule has 0 aliphatic heterocycles. The molecule has 0 saturated carbocycles. The van der Waals surface area contributed by atoms with Crippen LogP contribution in [0.5, 0.6) is 0 Å². The molecule has 0 amide bonds. The molecule has 0 heterocycles. The van der Waals surface area contributed by atoms with Crippen molar-refractivity contribution in [3.05, 3.63) is 57.7 Å². The van der Waals surface area contributed by atoms with E-state index in [1.54, 1.807) is 0 Å². The molecular weight excluding hydrogens is 397 g/mol. The maximum absolute atomic E-state index is 13.5. The zero-order valence-corrected chi connectivity index (χ0v) is 17.4. The van der Waals surface area contributed by atoms with Gasteiger partial charge in [-0.1, -0.05) is 0 Å². The predicted octanol–water partition coefficient (Wildman–Crippen LogP) is 6.83. The Morgan fingerprint density at radius 2 is 1.65 bits per heavy atom. The van der Waals surface area contributed by atoms with E-state index in [0.717, 1.165) is 19.3 Å².